The number of methoxy groups -OCH3 is 1. The molecule has 33 heavy (non-hydrogen) atoms. The van der Waals surface area contributed by atoms with Gasteiger partial charge in [0.2, 0.25) is 4.77 Å². The summed E-state index contributed by atoms with van der Waals surface area (Å²) in [5, 5.41) is 9.53. The fourth-order valence-corrected chi connectivity index (χ4v) is 4.57. The second-order valence-corrected chi connectivity index (χ2v) is 8.83. The second-order valence-electron chi connectivity index (χ2n) is 7.52. The maximum Gasteiger partial charge on any atom is 0.251 e. The van der Waals surface area contributed by atoms with Crippen LogP contribution in [-0.4, -0.2) is 46.4 Å². The number of nitrogens with one attached hydrogen (secondary N) is 1. The number of para-hydroxylation sites is 2. The minimum Gasteiger partial charge on any atom is -0.495 e. The van der Waals surface area contributed by atoms with Crippen LogP contribution >= 0.6 is 23.6 Å². The average molecular weight is 480 g/mol. The lowest BCUT2D eigenvalue weighted by molar-refractivity contribution is 0.0963. The highest BCUT2D eigenvalue weighted by Crippen LogP contribution is 2.30. The maximum atomic E-state index is 11.8. The van der Waals surface area contributed by atoms with Gasteiger partial charge in [-0.3, -0.25) is 14.3 Å². The van der Waals surface area contributed by atoms with Crippen LogP contribution in [0.2, 0.25) is 0 Å². The van der Waals surface area contributed by atoms with Crippen LogP contribution in [0.1, 0.15) is 15.9 Å². The van der Waals surface area contributed by atoms with Crippen molar-refractivity contribution in [3.63, 3.8) is 0 Å². The minimum absolute atomic E-state index is 0.0933. The van der Waals surface area contributed by atoms with Crippen molar-refractivity contribution in [2.75, 3.05) is 21.2 Å². The highest BCUT2D eigenvalue weighted by Gasteiger charge is 2.18. The molecule has 7 nitrogen and oxygen atoms in total. The van der Waals surface area contributed by atoms with Crippen LogP contribution in [0.4, 0.5) is 0 Å². The standard InChI is InChI=1S/C24H25N5O2S2/c1-25-23(30)18-12-10-17(11-13-18)15-27(2)16-28-24(32)29(19-7-4-5-8-20(19)31-3)22(26-28)21-9-6-14-33-21/h4-14H,15-16H2,1-3H3,(H,25,30). The quantitative estimate of drug-likeness (QED) is 0.375. The molecule has 0 aliphatic heterocycles. The third-order valence-corrected chi connectivity index (χ3v) is 6.44. The Hall–Kier alpha value is -3.27. The Bertz CT molecular complexity index is 1290. The molecule has 0 unspecified atom stereocenters. The lowest BCUT2D eigenvalue weighted by Crippen LogP contribution is -2.23. The summed E-state index contributed by atoms with van der Waals surface area (Å²) in [7, 11) is 5.30. The molecule has 0 fully saturated rings. The Morgan fingerprint density at radius 1 is 1.15 bits per heavy atom. The van der Waals surface area contributed by atoms with Crippen molar-refractivity contribution < 1.29 is 9.53 Å². The number of amides is 1. The van der Waals surface area contributed by atoms with Gasteiger partial charge < -0.3 is 10.1 Å². The predicted octanol–water partition coefficient (Wildman–Crippen LogP) is 4.59. The summed E-state index contributed by atoms with van der Waals surface area (Å²) in [4.78, 5) is 14.9. The molecule has 2 aromatic carbocycles. The number of ether oxygens (including phenoxy) is 1. The largest absolute Gasteiger partial charge is 0.495 e. The number of rotatable bonds is 8. The summed E-state index contributed by atoms with van der Waals surface area (Å²) < 4.78 is 9.97. The molecule has 0 saturated carbocycles. The second kappa shape index (κ2) is 10.1. The van der Waals surface area contributed by atoms with E-state index in [1.807, 2.05) is 82.3 Å². The van der Waals surface area contributed by atoms with Gasteiger partial charge in [-0.15, -0.1) is 16.4 Å². The molecule has 2 heterocycles. The van der Waals surface area contributed by atoms with Crippen molar-refractivity contribution in [2.45, 2.75) is 13.2 Å². The van der Waals surface area contributed by atoms with Gasteiger partial charge in [0.1, 0.15) is 5.75 Å². The molecule has 9 heteroatoms. The van der Waals surface area contributed by atoms with Crippen molar-refractivity contribution in [1.82, 2.24) is 24.6 Å². The normalized spacial score (nSPS) is 11.0. The fourth-order valence-electron chi connectivity index (χ4n) is 3.59. The Morgan fingerprint density at radius 3 is 2.58 bits per heavy atom. The first-order valence-electron chi connectivity index (χ1n) is 10.4. The zero-order chi connectivity index (χ0) is 23.4. The van der Waals surface area contributed by atoms with E-state index in [0.29, 0.717) is 23.5 Å². The van der Waals surface area contributed by atoms with Gasteiger partial charge in [0.15, 0.2) is 5.82 Å². The number of nitrogens with zero attached hydrogens (tertiary/aromatic N) is 4. The molecule has 0 spiro atoms. The SMILES string of the molecule is CNC(=O)c1ccc(CN(C)Cn2nc(-c3cccs3)n(-c3ccccc3OC)c2=S)cc1. The summed E-state index contributed by atoms with van der Waals surface area (Å²) in [5.41, 5.74) is 2.59. The van der Waals surface area contributed by atoms with Gasteiger partial charge in [0.25, 0.3) is 5.91 Å². The van der Waals surface area contributed by atoms with Crippen LogP contribution in [0, 0.1) is 4.77 Å². The van der Waals surface area contributed by atoms with Crippen LogP contribution in [0.3, 0.4) is 0 Å². The van der Waals surface area contributed by atoms with E-state index in [1.165, 1.54) is 0 Å². The van der Waals surface area contributed by atoms with E-state index in [-0.39, 0.29) is 5.91 Å². The van der Waals surface area contributed by atoms with E-state index >= 15 is 0 Å². The number of aromatic nitrogens is 3. The van der Waals surface area contributed by atoms with Crippen LogP contribution in [0.15, 0.2) is 66.0 Å². The van der Waals surface area contributed by atoms with Crippen LogP contribution in [0.25, 0.3) is 16.4 Å². The number of carbonyl (C=O) groups excluding carboxylic acids is 1. The van der Waals surface area contributed by atoms with Crippen LogP contribution in [-0.2, 0) is 13.2 Å². The van der Waals surface area contributed by atoms with E-state index in [1.54, 1.807) is 25.5 Å². The lowest BCUT2D eigenvalue weighted by Gasteiger charge is -2.16. The Balaban J connectivity index is 1.63. The third kappa shape index (κ3) is 4.90. The van der Waals surface area contributed by atoms with Gasteiger partial charge in [-0.25, -0.2) is 4.68 Å². The number of carbonyl (C=O) groups is 1. The van der Waals surface area contributed by atoms with E-state index in [0.717, 1.165) is 27.7 Å². The summed E-state index contributed by atoms with van der Waals surface area (Å²) in [6.45, 7) is 1.20. The molecular weight excluding hydrogens is 454 g/mol. The van der Waals surface area contributed by atoms with E-state index in [4.69, 9.17) is 22.1 Å². The molecule has 2 aromatic heterocycles. The summed E-state index contributed by atoms with van der Waals surface area (Å²) >= 11 is 7.48. The van der Waals surface area contributed by atoms with Crippen molar-refractivity contribution in [3.8, 4) is 22.1 Å². The molecule has 170 valence electrons. The monoisotopic (exact) mass is 479 g/mol. The molecule has 1 amide bonds. The Kier molecular flexibility index (Phi) is 7.02. The summed E-state index contributed by atoms with van der Waals surface area (Å²) in [6, 6.07) is 19.4. The van der Waals surface area contributed by atoms with Crippen molar-refractivity contribution in [1.29, 1.82) is 0 Å². The first-order valence-corrected chi connectivity index (χ1v) is 11.7. The Labute approximate surface area is 201 Å². The molecule has 0 radical (unpaired) electrons. The fraction of sp³-hybridized carbons (Fsp3) is 0.208. The van der Waals surface area contributed by atoms with Crippen molar-refractivity contribution >= 4 is 29.5 Å². The summed E-state index contributed by atoms with van der Waals surface area (Å²) in [5.74, 6) is 1.42. The van der Waals surface area contributed by atoms with E-state index in [9.17, 15) is 4.79 Å². The average Bonchev–Trinajstić information content (AvgIpc) is 3.47. The van der Waals surface area contributed by atoms with E-state index < -0.39 is 0 Å². The number of hydrogen-bond acceptors (Lipinski definition) is 6. The third-order valence-electron chi connectivity index (χ3n) is 5.18. The smallest absolute Gasteiger partial charge is 0.251 e. The molecule has 4 rings (SSSR count). The molecule has 0 aliphatic rings. The van der Waals surface area contributed by atoms with Crippen molar-refractivity contribution in [3.05, 3.63) is 81.9 Å². The lowest BCUT2D eigenvalue weighted by atomic mass is 10.1. The minimum atomic E-state index is -0.0933. The van der Waals surface area contributed by atoms with Crippen molar-refractivity contribution in [2.24, 2.45) is 0 Å². The van der Waals surface area contributed by atoms with Crippen LogP contribution < -0.4 is 10.1 Å². The van der Waals surface area contributed by atoms with Gasteiger partial charge >= 0.3 is 0 Å². The van der Waals surface area contributed by atoms with Gasteiger partial charge in [-0.05, 0) is 60.5 Å². The highest BCUT2D eigenvalue weighted by molar-refractivity contribution is 7.71. The first-order chi connectivity index (χ1) is 16.0. The molecular formula is C24H25N5O2S2. The highest BCUT2D eigenvalue weighted by atomic mass is 32.1. The summed E-state index contributed by atoms with van der Waals surface area (Å²) in [6.07, 6.45) is 0. The van der Waals surface area contributed by atoms with E-state index in [2.05, 4.69) is 10.2 Å². The molecule has 0 aliphatic carbocycles. The number of thiophene rings is 1. The topological polar surface area (TPSA) is 64.3 Å². The zero-order valence-corrected chi connectivity index (χ0v) is 20.3. The zero-order valence-electron chi connectivity index (χ0n) is 18.7. The Morgan fingerprint density at radius 2 is 1.91 bits per heavy atom. The maximum absolute atomic E-state index is 11.8. The first kappa shape index (κ1) is 22.9. The molecule has 1 N–H and O–H groups in total. The van der Waals surface area contributed by atoms with Gasteiger partial charge in [-0.2, -0.15) is 0 Å². The van der Waals surface area contributed by atoms with Gasteiger partial charge in [-0.1, -0.05) is 30.3 Å². The molecule has 0 atom stereocenters. The van der Waals surface area contributed by atoms with Gasteiger partial charge in [0.05, 0.1) is 24.3 Å². The molecule has 4 aromatic rings. The number of hydrogen-bond donors (Lipinski definition) is 1. The van der Waals surface area contributed by atoms with Crippen LogP contribution in [0.5, 0.6) is 5.75 Å². The van der Waals surface area contributed by atoms with Gasteiger partial charge in [0, 0.05) is 19.2 Å². The number of benzene rings is 2. The molecule has 0 saturated heterocycles. The predicted molar refractivity (Wildman–Crippen MR) is 134 cm³/mol. The molecule has 0 bridgehead atoms.